The fourth-order valence-electron chi connectivity index (χ4n) is 3.29. The van der Waals surface area contributed by atoms with Gasteiger partial charge in [0.05, 0.1) is 17.2 Å². The third-order valence-corrected chi connectivity index (χ3v) is 5.62. The summed E-state index contributed by atoms with van der Waals surface area (Å²) in [5.74, 6) is 0.649. The number of amides is 1. The Morgan fingerprint density at radius 2 is 1.88 bits per heavy atom. The van der Waals surface area contributed by atoms with Crippen molar-refractivity contribution in [2.75, 3.05) is 31.1 Å². The van der Waals surface area contributed by atoms with Crippen molar-refractivity contribution in [2.45, 2.75) is 29.1 Å². The summed E-state index contributed by atoms with van der Waals surface area (Å²) in [6, 6.07) is 11.7. The molecule has 0 unspecified atom stereocenters. The standard InChI is InChI=1S/C19H21N3O2S.ClH/c23-19(24-14-6-13-21-11-3-4-12-21)22-15-7-1-2-8-16(15)25-17-9-5-10-20-18(17)22;/h1-2,5,7-10H,3-4,6,11-14H2;1H. The number of rotatable bonds is 4. The van der Waals surface area contributed by atoms with E-state index in [4.69, 9.17) is 4.74 Å². The monoisotopic (exact) mass is 391 g/mol. The van der Waals surface area contributed by atoms with E-state index in [0.29, 0.717) is 12.4 Å². The molecule has 2 aromatic rings. The summed E-state index contributed by atoms with van der Waals surface area (Å²) in [4.78, 5) is 23.2. The molecule has 2 aliphatic heterocycles. The van der Waals surface area contributed by atoms with Gasteiger partial charge >= 0.3 is 6.09 Å². The van der Waals surface area contributed by atoms with Crippen LogP contribution in [-0.4, -0.2) is 42.2 Å². The van der Waals surface area contributed by atoms with Crippen molar-refractivity contribution >= 4 is 41.8 Å². The van der Waals surface area contributed by atoms with Gasteiger partial charge < -0.3 is 9.64 Å². The molecule has 0 radical (unpaired) electrons. The summed E-state index contributed by atoms with van der Waals surface area (Å²) in [6.45, 7) is 3.77. The van der Waals surface area contributed by atoms with Crippen molar-refractivity contribution in [1.29, 1.82) is 0 Å². The first kappa shape index (κ1) is 19.0. The molecule has 3 heterocycles. The molecule has 0 saturated carbocycles. The first-order valence-corrected chi connectivity index (χ1v) is 9.56. The van der Waals surface area contributed by atoms with Crippen molar-refractivity contribution in [3.05, 3.63) is 42.6 Å². The summed E-state index contributed by atoms with van der Waals surface area (Å²) in [6.07, 6.45) is 4.79. The highest BCUT2D eigenvalue weighted by Gasteiger charge is 2.30. The molecule has 26 heavy (non-hydrogen) atoms. The van der Waals surface area contributed by atoms with Crippen LogP contribution in [0.2, 0.25) is 0 Å². The SMILES string of the molecule is Cl.O=C(OCCCN1CCCC1)N1c2ccccc2Sc2cccnc21. The minimum atomic E-state index is -0.353. The summed E-state index contributed by atoms with van der Waals surface area (Å²) in [7, 11) is 0. The second-order valence-corrected chi connectivity index (χ2v) is 7.33. The smallest absolute Gasteiger partial charge is 0.420 e. The summed E-state index contributed by atoms with van der Waals surface area (Å²) < 4.78 is 5.57. The number of halogens is 1. The highest BCUT2D eigenvalue weighted by atomic mass is 35.5. The van der Waals surface area contributed by atoms with Crippen molar-refractivity contribution in [3.8, 4) is 0 Å². The predicted octanol–water partition coefficient (Wildman–Crippen LogP) is 4.73. The molecule has 0 N–H and O–H groups in total. The molecule has 0 bridgehead atoms. The van der Waals surface area contributed by atoms with E-state index >= 15 is 0 Å². The van der Waals surface area contributed by atoms with E-state index < -0.39 is 0 Å². The number of pyridine rings is 1. The number of benzene rings is 1. The molecule has 7 heteroatoms. The van der Waals surface area contributed by atoms with E-state index in [1.807, 2.05) is 36.4 Å². The van der Waals surface area contributed by atoms with Gasteiger partial charge in [-0.2, -0.15) is 0 Å². The van der Waals surface area contributed by atoms with Crippen LogP contribution in [0.5, 0.6) is 0 Å². The van der Waals surface area contributed by atoms with Crippen LogP contribution in [0, 0.1) is 0 Å². The molecule has 5 nitrogen and oxygen atoms in total. The van der Waals surface area contributed by atoms with Gasteiger partial charge in [-0.15, -0.1) is 12.4 Å². The maximum atomic E-state index is 12.8. The predicted molar refractivity (Wildman–Crippen MR) is 106 cm³/mol. The van der Waals surface area contributed by atoms with Crippen LogP contribution in [0.3, 0.4) is 0 Å². The summed E-state index contributed by atoms with van der Waals surface area (Å²) in [5.41, 5.74) is 0.836. The largest absolute Gasteiger partial charge is 0.449 e. The Balaban J connectivity index is 0.00000196. The Morgan fingerprint density at radius 3 is 2.73 bits per heavy atom. The molecule has 1 aromatic carbocycles. The highest BCUT2D eigenvalue weighted by molar-refractivity contribution is 7.99. The fraction of sp³-hybridized carbons (Fsp3) is 0.368. The molecule has 1 aromatic heterocycles. The van der Waals surface area contributed by atoms with E-state index in [2.05, 4.69) is 9.88 Å². The number of anilines is 2. The number of para-hydroxylation sites is 1. The van der Waals surface area contributed by atoms with E-state index in [1.54, 1.807) is 22.9 Å². The molecule has 1 saturated heterocycles. The average molecular weight is 392 g/mol. The zero-order valence-corrected chi connectivity index (χ0v) is 16.1. The number of likely N-dealkylation sites (tertiary alicyclic amines) is 1. The Morgan fingerprint density at radius 1 is 1.12 bits per heavy atom. The molecule has 2 aliphatic rings. The van der Waals surface area contributed by atoms with Gasteiger partial charge in [-0.05, 0) is 56.6 Å². The number of carbonyl (C=O) groups is 1. The second-order valence-electron chi connectivity index (χ2n) is 6.25. The topological polar surface area (TPSA) is 45.7 Å². The lowest BCUT2D eigenvalue weighted by Gasteiger charge is -2.29. The van der Waals surface area contributed by atoms with Gasteiger partial charge in [0.2, 0.25) is 0 Å². The minimum absolute atomic E-state index is 0. The van der Waals surface area contributed by atoms with E-state index in [1.165, 1.54) is 25.9 Å². The lowest BCUT2D eigenvalue weighted by atomic mass is 10.2. The van der Waals surface area contributed by atoms with Gasteiger partial charge in [0, 0.05) is 17.6 Å². The zero-order valence-electron chi connectivity index (χ0n) is 14.5. The summed E-state index contributed by atoms with van der Waals surface area (Å²) in [5, 5.41) is 0. The normalized spacial score (nSPS) is 15.8. The molecule has 138 valence electrons. The molecule has 1 fully saturated rings. The quantitative estimate of drug-likeness (QED) is 0.705. The van der Waals surface area contributed by atoms with Crippen LogP contribution in [0.25, 0.3) is 0 Å². The maximum absolute atomic E-state index is 12.8. The van der Waals surface area contributed by atoms with E-state index in [0.717, 1.165) is 28.4 Å². The number of hydrogen-bond donors (Lipinski definition) is 0. The minimum Gasteiger partial charge on any atom is -0.449 e. The molecular formula is C19H22ClN3O2S. The van der Waals surface area contributed by atoms with Crippen molar-refractivity contribution in [2.24, 2.45) is 0 Å². The molecular weight excluding hydrogens is 370 g/mol. The first-order chi connectivity index (χ1) is 12.3. The van der Waals surface area contributed by atoms with E-state index in [-0.39, 0.29) is 18.5 Å². The molecule has 0 atom stereocenters. The third-order valence-electron chi connectivity index (χ3n) is 4.51. The number of ether oxygens (including phenoxy) is 1. The van der Waals surface area contributed by atoms with Crippen LogP contribution in [0.15, 0.2) is 52.4 Å². The second kappa shape index (κ2) is 8.75. The van der Waals surface area contributed by atoms with E-state index in [9.17, 15) is 4.79 Å². The first-order valence-electron chi connectivity index (χ1n) is 8.74. The molecule has 0 aliphatic carbocycles. The summed E-state index contributed by atoms with van der Waals surface area (Å²) >= 11 is 1.63. The van der Waals surface area contributed by atoms with Gasteiger partial charge in [0.25, 0.3) is 0 Å². The lowest BCUT2D eigenvalue weighted by Crippen LogP contribution is -2.31. The van der Waals surface area contributed by atoms with Gasteiger partial charge in [-0.25, -0.2) is 14.7 Å². The fourth-order valence-corrected chi connectivity index (χ4v) is 4.32. The van der Waals surface area contributed by atoms with Crippen LogP contribution < -0.4 is 4.90 Å². The van der Waals surface area contributed by atoms with Crippen molar-refractivity contribution in [1.82, 2.24) is 9.88 Å². The Bertz CT molecular complexity index is 722. The van der Waals surface area contributed by atoms with Crippen LogP contribution in [-0.2, 0) is 4.74 Å². The highest BCUT2D eigenvalue weighted by Crippen LogP contribution is 2.46. The van der Waals surface area contributed by atoms with Crippen LogP contribution in [0.1, 0.15) is 19.3 Å². The average Bonchev–Trinajstić information content (AvgIpc) is 3.16. The number of carbonyl (C=O) groups excluding carboxylic acids is 1. The van der Waals surface area contributed by atoms with Crippen LogP contribution in [0.4, 0.5) is 16.3 Å². The Labute approximate surface area is 164 Å². The van der Waals surface area contributed by atoms with Crippen LogP contribution >= 0.6 is 24.2 Å². The molecule has 4 rings (SSSR count). The number of fused-ring (bicyclic) bond motifs is 2. The third kappa shape index (κ3) is 3.98. The Kier molecular flexibility index (Phi) is 6.40. The molecule has 0 spiro atoms. The van der Waals surface area contributed by atoms with Gasteiger partial charge in [0.1, 0.15) is 0 Å². The van der Waals surface area contributed by atoms with Gasteiger partial charge in [-0.1, -0.05) is 23.9 Å². The Hall–Kier alpha value is -1.76. The van der Waals surface area contributed by atoms with Gasteiger partial charge in [-0.3, -0.25) is 0 Å². The molecule has 1 amide bonds. The van der Waals surface area contributed by atoms with Crippen molar-refractivity contribution in [3.63, 3.8) is 0 Å². The van der Waals surface area contributed by atoms with Gasteiger partial charge in [0.15, 0.2) is 5.82 Å². The van der Waals surface area contributed by atoms with Crippen molar-refractivity contribution < 1.29 is 9.53 Å². The number of hydrogen-bond acceptors (Lipinski definition) is 5. The number of nitrogens with zero attached hydrogens (tertiary/aromatic N) is 3. The number of aromatic nitrogens is 1. The maximum Gasteiger partial charge on any atom is 0.420 e. The zero-order chi connectivity index (χ0) is 17.1. The lowest BCUT2D eigenvalue weighted by molar-refractivity contribution is 0.149.